The first-order valence-electron chi connectivity index (χ1n) is 10.3. The number of hydrogen-bond acceptors (Lipinski definition) is 4. The van der Waals surface area contributed by atoms with Gasteiger partial charge in [-0.15, -0.1) is 0 Å². The van der Waals surface area contributed by atoms with E-state index < -0.39 is 17.6 Å². The lowest BCUT2D eigenvalue weighted by Crippen LogP contribution is -2.32. The number of ether oxygens (including phenoxy) is 1. The molecule has 1 atom stereocenters. The molecule has 0 amide bonds. The maximum Gasteiger partial charge on any atom is 0.326 e. The normalized spacial score (nSPS) is 14.1. The van der Waals surface area contributed by atoms with Gasteiger partial charge in [0.15, 0.2) is 0 Å². The van der Waals surface area contributed by atoms with Crippen LogP contribution in [0, 0.1) is 0 Å². The van der Waals surface area contributed by atoms with Gasteiger partial charge in [-0.3, -0.25) is 4.79 Å². The van der Waals surface area contributed by atoms with Crippen LogP contribution in [0.15, 0.2) is 83.2 Å². The first kappa shape index (κ1) is 20.5. The molecular weight excluding hydrogens is 392 g/mol. The molecule has 0 bridgehead atoms. The van der Waals surface area contributed by atoms with Crippen molar-refractivity contribution in [3.63, 3.8) is 0 Å². The third kappa shape index (κ3) is 4.86. The highest BCUT2D eigenvalue weighted by Crippen LogP contribution is 2.30. The summed E-state index contributed by atoms with van der Waals surface area (Å²) in [6, 6.07) is 15.7. The van der Waals surface area contributed by atoms with E-state index in [0.29, 0.717) is 16.6 Å². The van der Waals surface area contributed by atoms with E-state index in [1.165, 1.54) is 0 Å². The highest BCUT2D eigenvalue weighted by molar-refractivity contribution is 5.95. The monoisotopic (exact) mass is 416 g/mol. The van der Waals surface area contributed by atoms with Crippen LogP contribution in [-0.4, -0.2) is 28.7 Å². The molecule has 4 rings (SSSR count). The van der Waals surface area contributed by atoms with Crippen molar-refractivity contribution in [2.24, 2.45) is 0 Å². The van der Waals surface area contributed by atoms with Gasteiger partial charge in [0.05, 0.1) is 11.2 Å². The Bertz CT molecular complexity index is 1200. The summed E-state index contributed by atoms with van der Waals surface area (Å²) in [5, 5.41) is 13.6. The Morgan fingerprint density at radius 1 is 1.10 bits per heavy atom. The van der Waals surface area contributed by atoms with Gasteiger partial charge in [0, 0.05) is 11.8 Å². The summed E-state index contributed by atoms with van der Waals surface area (Å²) in [7, 11) is 0. The van der Waals surface area contributed by atoms with E-state index in [0.717, 1.165) is 24.0 Å². The van der Waals surface area contributed by atoms with E-state index in [-0.39, 0.29) is 18.8 Å². The van der Waals surface area contributed by atoms with Gasteiger partial charge >= 0.3 is 5.97 Å². The number of rotatable bonds is 8. The van der Waals surface area contributed by atoms with Gasteiger partial charge in [0.2, 0.25) is 5.75 Å². The molecule has 1 unspecified atom stereocenters. The number of aliphatic carboxylic acids is 1. The summed E-state index contributed by atoms with van der Waals surface area (Å²) in [6.07, 6.45) is 8.34. The quantitative estimate of drug-likeness (QED) is 0.510. The number of H-pyrrole nitrogens is 1. The summed E-state index contributed by atoms with van der Waals surface area (Å²) in [5.41, 5.74) is 2.48. The van der Waals surface area contributed by atoms with Crippen LogP contribution in [0.5, 0.6) is 5.75 Å². The van der Waals surface area contributed by atoms with E-state index in [1.807, 2.05) is 54.6 Å². The maximum atomic E-state index is 12.8. The average molecular weight is 416 g/mol. The predicted octanol–water partition coefficient (Wildman–Crippen LogP) is 4.29. The largest absolute Gasteiger partial charge is 0.481 e. The number of carboxylic acid groups (broad SMARTS) is 1. The Hall–Kier alpha value is -3.80. The first-order chi connectivity index (χ1) is 15.1. The molecule has 0 aliphatic heterocycles. The van der Waals surface area contributed by atoms with Crippen LogP contribution in [0.4, 0.5) is 5.69 Å². The fourth-order valence-electron chi connectivity index (χ4n) is 3.66. The Morgan fingerprint density at radius 2 is 1.87 bits per heavy atom. The highest BCUT2D eigenvalue weighted by Gasteiger charge is 2.23. The number of para-hydroxylation sites is 1. The molecule has 158 valence electrons. The van der Waals surface area contributed by atoms with Gasteiger partial charge in [-0.25, -0.2) is 4.79 Å². The third-order valence-electron chi connectivity index (χ3n) is 5.23. The predicted molar refractivity (Wildman–Crippen MR) is 122 cm³/mol. The van der Waals surface area contributed by atoms with Gasteiger partial charge in [-0.05, 0) is 30.0 Å². The summed E-state index contributed by atoms with van der Waals surface area (Å²) < 4.78 is 5.93. The van der Waals surface area contributed by atoms with Gasteiger partial charge < -0.3 is 20.1 Å². The number of allylic oxidation sites excluding steroid dienone is 2. The van der Waals surface area contributed by atoms with Crippen LogP contribution < -0.4 is 15.6 Å². The first-order valence-corrected chi connectivity index (χ1v) is 10.3. The number of nitrogens with one attached hydrogen (secondary N) is 2. The molecule has 6 heteroatoms. The lowest BCUT2D eigenvalue weighted by atomic mass is 10.0. The number of benzene rings is 2. The zero-order valence-corrected chi connectivity index (χ0v) is 17.0. The Kier molecular flexibility index (Phi) is 6.17. The van der Waals surface area contributed by atoms with E-state index in [2.05, 4.69) is 22.5 Å². The molecule has 1 aliphatic rings. The van der Waals surface area contributed by atoms with Crippen LogP contribution >= 0.6 is 0 Å². The summed E-state index contributed by atoms with van der Waals surface area (Å²) >= 11 is 0. The molecule has 1 heterocycles. The van der Waals surface area contributed by atoms with Crippen LogP contribution in [-0.2, 0) is 11.2 Å². The molecule has 3 aromatic rings. The standard InChI is InChI=1S/C25H24N2O4/c28-24-23(31-16-18-11-5-2-6-12-18)22(19-13-7-8-14-20(19)27-24)26-21(25(29)30)15-17-9-3-1-4-10-17/h1,3-5,7-14,21H,2,6,15-16H2,(H,29,30)(H2,26,27,28). The van der Waals surface area contributed by atoms with Crippen LogP contribution in [0.2, 0.25) is 0 Å². The molecule has 0 fully saturated rings. The molecule has 31 heavy (non-hydrogen) atoms. The number of carbonyl (C=O) groups is 1. The number of hydrogen-bond donors (Lipinski definition) is 3. The highest BCUT2D eigenvalue weighted by atomic mass is 16.5. The van der Waals surface area contributed by atoms with Gasteiger partial charge in [-0.1, -0.05) is 66.8 Å². The van der Waals surface area contributed by atoms with Crippen molar-refractivity contribution in [2.75, 3.05) is 11.9 Å². The van der Waals surface area contributed by atoms with Gasteiger partial charge in [-0.2, -0.15) is 0 Å². The van der Waals surface area contributed by atoms with Crippen LogP contribution in [0.25, 0.3) is 10.9 Å². The van der Waals surface area contributed by atoms with Crippen LogP contribution in [0.3, 0.4) is 0 Å². The minimum absolute atomic E-state index is 0.0953. The second-order valence-corrected chi connectivity index (χ2v) is 7.48. The topological polar surface area (TPSA) is 91.4 Å². The van der Waals surface area contributed by atoms with E-state index in [4.69, 9.17) is 4.74 Å². The molecular formula is C25H24N2O4. The van der Waals surface area contributed by atoms with Crippen molar-refractivity contribution in [1.29, 1.82) is 0 Å². The second-order valence-electron chi connectivity index (χ2n) is 7.48. The summed E-state index contributed by atoms with van der Waals surface area (Å²) in [5.74, 6) is -0.907. The van der Waals surface area contributed by atoms with E-state index >= 15 is 0 Å². The zero-order valence-electron chi connectivity index (χ0n) is 17.0. The van der Waals surface area contributed by atoms with Crippen molar-refractivity contribution in [3.05, 3.63) is 94.3 Å². The maximum absolute atomic E-state index is 12.8. The molecule has 1 aromatic heterocycles. The Balaban J connectivity index is 1.71. The smallest absolute Gasteiger partial charge is 0.326 e. The molecule has 0 saturated carbocycles. The van der Waals surface area contributed by atoms with E-state index in [1.54, 1.807) is 6.07 Å². The number of pyridine rings is 1. The summed E-state index contributed by atoms with van der Waals surface area (Å²) in [4.78, 5) is 27.7. The van der Waals surface area contributed by atoms with E-state index in [9.17, 15) is 14.7 Å². The molecule has 0 spiro atoms. The molecule has 2 aromatic carbocycles. The van der Waals surface area contributed by atoms with Gasteiger partial charge in [0.1, 0.15) is 12.6 Å². The fourth-order valence-corrected chi connectivity index (χ4v) is 3.66. The van der Waals surface area contributed by atoms with Crippen molar-refractivity contribution in [2.45, 2.75) is 25.3 Å². The molecule has 3 N–H and O–H groups in total. The van der Waals surface area contributed by atoms with Gasteiger partial charge in [0.25, 0.3) is 5.56 Å². The number of aromatic amines is 1. The minimum Gasteiger partial charge on any atom is -0.481 e. The number of fused-ring (bicyclic) bond motifs is 1. The van der Waals surface area contributed by atoms with Crippen LogP contribution in [0.1, 0.15) is 18.4 Å². The van der Waals surface area contributed by atoms with Crippen molar-refractivity contribution in [1.82, 2.24) is 4.98 Å². The molecule has 0 radical (unpaired) electrons. The average Bonchev–Trinajstić information content (AvgIpc) is 2.79. The zero-order chi connectivity index (χ0) is 21.6. The Morgan fingerprint density at radius 3 is 2.61 bits per heavy atom. The lowest BCUT2D eigenvalue weighted by molar-refractivity contribution is -0.137. The SMILES string of the molecule is O=C(O)C(Cc1ccccc1)Nc1c(OCC2=CCCC=C2)c(=O)[nH]c2ccccc12. The second kappa shape index (κ2) is 9.34. The minimum atomic E-state index is -1.00. The lowest BCUT2D eigenvalue weighted by Gasteiger charge is -2.20. The number of aromatic nitrogens is 1. The third-order valence-corrected chi connectivity index (χ3v) is 5.23. The number of carboxylic acids is 1. The van der Waals surface area contributed by atoms with Crippen molar-refractivity contribution in [3.8, 4) is 5.75 Å². The molecule has 0 saturated heterocycles. The summed E-state index contributed by atoms with van der Waals surface area (Å²) in [6.45, 7) is 0.239. The fraction of sp³-hybridized carbons (Fsp3) is 0.200. The van der Waals surface area contributed by atoms with Crippen molar-refractivity contribution >= 4 is 22.6 Å². The Labute approximate surface area is 179 Å². The molecule has 6 nitrogen and oxygen atoms in total. The number of anilines is 1. The van der Waals surface area contributed by atoms with Crippen molar-refractivity contribution < 1.29 is 14.6 Å². The molecule has 1 aliphatic carbocycles.